The number of H-pyrrole nitrogens is 1. The van der Waals surface area contributed by atoms with Gasteiger partial charge in [-0.25, -0.2) is 9.49 Å². The van der Waals surface area contributed by atoms with Crippen LogP contribution in [0.5, 0.6) is 0 Å². The van der Waals surface area contributed by atoms with Gasteiger partial charge in [0.2, 0.25) is 11.8 Å². The summed E-state index contributed by atoms with van der Waals surface area (Å²) in [6.45, 7) is 6.81. The van der Waals surface area contributed by atoms with Crippen molar-refractivity contribution in [2.24, 2.45) is 11.7 Å². The average molecular weight is 744 g/mol. The number of nitrogens with one attached hydrogen (secondary N) is 1. The number of amides is 3. The molecule has 0 spiro atoms. The Balaban J connectivity index is 0.840. The summed E-state index contributed by atoms with van der Waals surface area (Å²) in [4.78, 5) is 59.6. The number of nitrogens with two attached hydrogens (primary N) is 1. The molecule has 1 atom stereocenters. The van der Waals surface area contributed by atoms with Gasteiger partial charge in [0.05, 0.1) is 40.9 Å². The standard InChI is InChI=1S/C41H54FN7O5/c1-41(15-19-48(20-16-41)40(53)37(43)29-7-3-2-4-8-29)54-30-13-17-46(18-14-30)27-36(50)47-21-23-49(24-22-47)39(52)33-25-28(11-12-34(33)42)26-35-31-9-5-6-10-32(31)38(51)45-44-35/h5-6,9-12,25,29-30,37H,2-4,7-8,13-24,26-27,43H2,1H3,(H,45,51)/t37-/m1/s1. The first kappa shape index (κ1) is 38.1. The third-order valence-electron chi connectivity index (χ3n) is 12.2. The number of piperazine rings is 1. The summed E-state index contributed by atoms with van der Waals surface area (Å²) in [5.41, 5.74) is 7.20. The zero-order valence-electron chi connectivity index (χ0n) is 31.4. The summed E-state index contributed by atoms with van der Waals surface area (Å²) in [5, 5.41) is 7.98. The van der Waals surface area contributed by atoms with Crippen LogP contribution in [0.2, 0.25) is 0 Å². The SMILES string of the molecule is CC1(OC2CCN(CC(=O)N3CCN(C(=O)c4cc(Cc5n[nH]c(=O)c6ccccc56)ccc4F)CC3)CC2)CCN(C(=O)[C@H](N)C2CCCCC2)CC1. The maximum Gasteiger partial charge on any atom is 0.272 e. The Morgan fingerprint density at radius 3 is 2.26 bits per heavy atom. The number of rotatable bonds is 9. The number of halogens is 1. The number of benzene rings is 2. The number of aromatic nitrogens is 2. The van der Waals surface area contributed by atoms with Gasteiger partial charge in [0.15, 0.2) is 0 Å². The fourth-order valence-corrected chi connectivity index (χ4v) is 8.78. The van der Waals surface area contributed by atoms with E-state index in [2.05, 4.69) is 22.0 Å². The van der Waals surface area contributed by atoms with Crippen molar-refractivity contribution in [3.8, 4) is 0 Å². The van der Waals surface area contributed by atoms with Gasteiger partial charge in [0.1, 0.15) is 5.82 Å². The lowest BCUT2D eigenvalue weighted by molar-refractivity contribution is -0.149. The summed E-state index contributed by atoms with van der Waals surface area (Å²) < 4.78 is 21.6. The molecule has 7 rings (SSSR count). The fraction of sp³-hybridized carbons (Fsp3) is 0.585. The highest BCUT2D eigenvalue weighted by Gasteiger charge is 2.38. The normalized spacial score (nSPS) is 21.0. The minimum Gasteiger partial charge on any atom is -0.372 e. The number of carbonyl (C=O) groups is 3. The molecule has 3 aromatic rings. The monoisotopic (exact) mass is 743 g/mol. The number of carbonyl (C=O) groups excluding carboxylic acids is 3. The predicted octanol–water partition coefficient (Wildman–Crippen LogP) is 3.71. The zero-order chi connectivity index (χ0) is 37.8. The van der Waals surface area contributed by atoms with E-state index in [1.165, 1.54) is 25.3 Å². The lowest BCUT2D eigenvalue weighted by atomic mass is 9.83. The number of piperidine rings is 2. The Morgan fingerprint density at radius 1 is 0.889 bits per heavy atom. The van der Waals surface area contributed by atoms with Gasteiger partial charge in [-0.2, -0.15) is 5.10 Å². The van der Waals surface area contributed by atoms with Gasteiger partial charge in [-0.15, -0.1) is 0 Å². The Labute approximate surface area is 316 Å². The number of likely N-dealkylation sites (tertiary alicyclic amines) is 2. The summed E-state index contributed by atoms with van der Waals surface area (Å²) in [6.07, 6.45) is 9.43. The molecular weight excluding hydrogens is 689 g/mol. The molecule has 4 heterocycles. The number of aromatic amines is 1. The van der Waals surface area contributed by atoms with Crippen LogP contribution in [0.3, 0.4) is 0 Å². The van der Waals surface area contributed by atoms with Crippen LogP contribution in [-0.4, -0.2) is 124 Å². The van der Waals surface area contributed by atoms with Crippen molar-refractivity contribution < 1.29 is 23.5 Å². The van der Waals surface area contributed by atoms with Crippen molar-refractivity contribution in [2.45, 2.75) is 88.9 Å². The molecule has 3 aliphatic heterocycles. The highest BCUT2D eigenvalue weighted by molar-refractivity contribution is 5.95. The number of ether oxygens (including phenoxy) is 1. The van der Waals surface area contributed by atoms with Crippen molar-refractivity contribution >= 4 is 28.5 Å². The van der Waals surface area contributed by atoms with E-state index in [1.807, 2.05) is 17.0 Å². The second kappa shape index (κ2) is 16.7. The minimum atomic E-state index is -0.599. The number of nitrogens with zero attached hydrogens (tertiary/aromatic N) is 5. The molecule has 0 unspecified atom stereocenters. The summed E-state index contributed by atoms with van der Waals surface area (Å²) in [7, 11) is 0. The molecule has 1 aromatic heterocycles. The van der Waals surface area contributed by atoms with Gasteiger partial charge >= 0.3 is 0 Å². The Hall–Kier alpha value is -4.20. The second-order valence-corrected chi connectivity index (χ2v) is 16.0. The molecule has 54 heavy (non-hydrogen) atoms. The quantitative estimate of drug-likeness (QED) is 0.338. The van der Waals surface area contributed by atoms with E-state index in [1.54, 1.807) is 34.1 Å². The van der Waals surface area contributed by atoms with Crippen molar-refractivity contribution in [3.63, 3.8) is 0 Å². The smallest absolute Gasteiger partial charge is 0.272 e. The molecule has 2 aromatic carbocycles. The van der Waals surface area contributed by atoms with Crippen LogP contribution in [0.15, 0.2) is 47.3 Å². The molecule has 1 saturated carbocycles. The molecule has 4 aliphatic rings. The van der Waals surface area contributed by atoms with E-state index in [0.29, 0.717) is 80.2 Å². The largest absolute Gasteiger partial charge is 0.372 e. The lowest BCUT2D eigenvalue weighted by Gasteiger charge is -2.44. The van der Waals surface area contributed by atoms with E-state index >= 15 is 0 Å². The average Bonchev–Trinajstić information content (AvgIpc) is 3.20. The van der Waals surface area contributed by atoms with Crippen LogP contribution >= 0.6 is 0 Å². The Bertz CT molecular complexity index is 1870. The van der Waals surface area contributed by atoms with Crippen LogP contribution in [-0.2, 0) is 20.7 Å². The summed E-state index contributed by atoms with van der Waals surface area (Å²) in [6, 6.07) is 11.3. The van der Waals surface area contributed by atoms with Crippen molar-refractivity contribution in [1.29, 1.82) is 0 Å². The van der Waals surface area contributed by atoms with Gasteiger partial charge < -0.3 is 25.2 Å². The third kappa shape index (κ3) is 8.68. The second-order valence-electron chi connectivity index (χ2n) is 16.0. The van der Waals surface area contributed by atoms with E-state index in [4.69, 9.17) is 10.5 Å². The summed E-state index contributed by atoms with van der Waals surface area (Å²) >= 11 is 0. The van der Waals surface area contributed by atoms with Crippen LogP contribution in [0, 0.1) is 11.7 Å². The van der Waals surface area contributed by atoms with Crippen LogP contribution in [0.25, 0.3) is 10.8 Å². The first-order valence-corrected chi connectivity index (χ1v) is 19.8. The van der Waals surface area contributed by atoms with Crippen LogP contribution < -0.4 is 11.3 Å². The third-order valence-corrected chi connectivity index (χ3v) is 12.2. The minimum absolute atomic E-state index is 0.0159. The van der Waals surface area contributed by atoms with Gasteiger partial charge in [0, 0.05) is 64.2 Å². The Morgan fingerprint density at radius 2 is 1.56 bits per heavy atom. The maximum atomic E-state index is 15.0. The first-order valence-electron chi connectivity index (χ1n) is 19.8. The highest BCUT2D eigenvalue weighted by Crippen LogP contribution is 2.32. The van der Waals surface area contributed by atoms with Gasteiger partial charge in [-0.05, 0) is 75.1 Å². The lowest BCUT2D eigenvalue weighted by Crippen LogP contribution is -2.55. The zero-order valence-corrected chi connectivity index (χ0v) is 31.4. The molecule has 0 bridgehead atoms. The van der Waals surface area contributed by atoms with Crippen molar-refractivity contribution in [2.75, 3.05) is 58.9 Å². The predicted molar refractivity (Wildman–Crippen MR) is 203 cm³/mol. The molecule has 12 nitrogen and oxygen atoms in total. The topological polar surface area (TPSA) is 145 Å². The number of hydrogen-bond donors (Lipinski definition) is 2. The molecule has 3 amide bonds. The number of fused-ring (bicyclic) bond motifs is 1. The van der Waals surface area contributed by atoms with Crippen LogP contribution in [0.4, 0.5) is 4.39 Å². The van der Waals surface area contributed by atoms with Gasteiger partial charge in [-0.3, -0.25) is 24.1 Å². The molecule has 1 aliphatic carbocycles. The van der Waals surface area contributed by atoms with E-state index in [0.717, 1.165) is 51.6 Å². The van der Waals surface area contributed by atoms with Crippen molar-refractivity contribution in [1.82, 2.24) is 29.8 Å². The summed E-state index contributed by atoms with van der Waals surface area (Å²) in [5.74, 6) is -0.564. The van der Waals surface area contributed by atoms with Gasteiger partial charge in [-0.1, -0.05) is 43.5 Å². The van der Waals surface area contributed by atoms with E-state index < -0.39 is 11.7 Å². The van der Waals surface area contributed by atoms with E-state index in [9.17, 15) is 23.6 Å². The Kier molecular flexibility index (Phi) is 11.8. The van der Waals surface area contributed by atoms with Gasteiger partial charge in [0.25, 0.3) is 11.5 Å². The molecule has 4 fully saturated rings. The molecule has 3 N–H and O–H groups in total. The highest BCUT2D eigenvalue weighted by atomic mass is 19.1. The van der Waals surface area contributed by atoms with E-state index in [-0.39, 0.29) is 40.7 Å². The molecule has 0 radical (unpaired) electrons. The fourth-order valence-electron chi connectivity index (χ4n) is 8.78. The van der Waals surface area contributed by atoms with Crippen molar-refractivity contribution in [3.05, 3.63) is 75.5 Å². The number of hydrogen-bond acceptors (Lipinski definition) is 8. The van der Waals surface area contributed by atoms with Crippen LogP contribution in [0.1, 0.15) is 86.3 Å². The molecule has 3 saturated heterocycles. The first-order chi connectivity index (χ1) is 26.1. The molecule has 290 valence electrons. The molecular formula is C41H54FN7O5. The molecule has 13 heteroatoms. The maximum absolute atomic E-state index is 15.0.